The number of aromatic nitrogens is 1. The van der Waals surface area contributed by atoms with Gasteiger partial charge >= 0.3 is 0 Å². The smallest absolute Gasteiger partial charge is 0.190 e. The van der Waals surface area contributed by atoms with Crippen molar-refractivity contribution in [2.75, 3.05) is 26.7 Å². The van der Waals surface area contributed by atoms with Crippen LogP contribution in [0.2, 0.25) is 0 Å². The largest absolute Gasteiger partial charge is 0.373 e. The first-order chi connectivity index (χ1) is 14.2. The van der Waals surface area contributed by atoms with E-state index in [0.29, 0.717) is 5.92 Å². The second-order valence-electron chi connectivity index (χ2n) is 7.82. The number of nitrogens with zero attached hydrogens (tertiary/aromatic N) is 2. The zero-order valence-electron chi connectivity index (χ0n) is 18.3. The van der Waals surface area contributed by atoms with Gasteiger partial charge in [-0.2, -0.15) is 0 Å². The Kier molecular flexibility index (Phi) is 11.1. The number of benzene rings is 1. The number of aliphatic imine (C=N–C) groups is 1. The molecule has 0 saturated carbocycles. The lowest BCUT2D eigenvalue weighted by molar-refractivity contribution is -0.0265. The fourth-order valence-electron chi connectivity index (χ4n) is 3.75. The summed E-state index contributed by atoms with van der Waals surface area (Å²) in [6, 6.07) is 8.75. The first-order valence-corrected chi connectivity index (χ1v) is 11.6. The molecule has 7 heteroatoms. The zero-order chi connectivity index (χ0) is 20.5. The molecule has 1 aromatic carbocycles. The maximum absolute atomic E-state index is 6.13. The van der Waals surface area contributed by atoms with Crippen molar-refractivity contribution in [2.24, 2.45) is 10.9 Å². The van der Waals surface area contributed by atoms with E-state index in [1.54, 1.807) is 11.3 Å². The van der Waals surface area contributed by atoms with E-state index in [0.717, 1.165) is 57.0 Å². The summed E-state index contributed by atoms with van der Waals surface area (Å²) in [4.78, 5) is 8.91. The second kappa shape index (κ2) is 13.3. The molecule has 2 heterocycles. The van der Waals surface area contributed by atoms with Gasteiger partial charge in [0.25, 0.3) is 0 Å². The Morgan fingerprint density at radius 2 is 2.00 bits per heavy atom. The minimum absolute atomic E-state index is 0. The number of halogens is 1. The van der Waals surface area contributed by atoms with Crippen molar-refractivity contribution in [1.29, 1.82) is 0 Å². The summed E-state index contributed by atoms with van der Waals surface area (Å²) >= 11 is 1.76. The Morgan fingerprint density at radius 3 is 2.70 bits per heavy atom. The summed E-state index contributed by atoms with van der Waals surface area (Å²) in [6.07, 6.45) is 5.77. The molecule has 1 fully saturated rings. The van der Waals surface area contributed by atoms with E-state index in [2.05, 4.69) is 64.1 Å². The van der Waals surface area contributed by atoms with E-state index < -0.39 is 0 Å². The summed E-state index contributed by atoms with van der Waals surface area (Å²) in [5, 5.41) is 10.3. The van der Waals surface area contributed by atoms with Crippen molar-refractivity contribution >= 4 is 41.3 Å². The monoisotopic (exact) mass is 542 g/mol. The molecule has 2 unspecified atom stereocenters. The van der Waals surface area contributed by atoms with Gasteiger partial charge in [-0.1, -0.05) is 29.8 Å². The Labute approximate surface area is 202 Å². The third-order valence-corrected chi connectivity index (χ3v) is 6.41. The minimum atomic E-state index is 0. The first-order valence-electron chi connectivity index (χ1n) is 10.7. The molecule has 0 amide bonds. The number of ether oxygens (including phenoxy) is 1. The van der Waals surface area contributed by atoms with Gasteiger partial charge < -0.3 is 15.4 Å². The van der Waals surface area contributed by atoms with Crippen LogP contribution in [0.5, 0.6) is 0 Å². The number of aryl methyl sites for hydroxylation is 3. The molecule has 2 aromatic rings. The van der Waals surface area contributed by atoms with Gasteiger partial charge in [0.1, 0.15) is 0 Å². The number of unbranched alkanes of at least 4 members (excludes halogenated alkanes) is 1. The number of nitrogens with one attached hydrogen (secondary N) is 2. The number of rotatable bonds is 8. The van der Waals surface area contributed by atoms with Gasteiger partial charge in [0, 0.05) is 43.7 Å². The minimum Gasteiger partial charge on any atom is -0.373 e. The van der Waals surface area contributed by atoms with Crippen molar-refractivity contribution in [1.82, 2.24) is 15.6 Å². The van der Waals surface area contributed by atoms with Gasteiger partial charge in [-0.25, -0.2) is 4.98 Å². The van der Waals surface area contributed by atoms with E-state index in [1.165, 1.54) is 22.6 Å². The molecule has 0 aliphatic carbocycles. The van der Waals surface area contributed by atoms with Crippen LogP contribution in [0.15, 0.2) is 34.6 Å². The summed E-state index contributed by atoms with van der Waals surface area (Å²) in [7, 11) is 1.84. The number of hydrogen-bond donors (Lipinski definition) is 2. The average molecular weight is 543 g/mol. The van der Waals surface area contributed by atoms with Gasteiger partial charge in [-0.15, -0.1) is 35.3 Å². The highest BCUT2D eigenvalue weighted by Crippen LogP contribution is 2.33. The molecule has 0 radical (unpaired) electrons. The fraction of sp³-hybridized carbons (Fsp3) is 0.565. The highest BCUT2D eigenvalue weighted by Gasteiger charge is 2.27. The molecule has 1 aliphatic rings. The molecule has 30 heavy (non-hydrogen) atoms. The van der Waals surface area contributed by atoms with Crippen LogP contribution in [0.1, 0.15) is 53.6 Å². The van der Waals surface area contributed by atoms with E-state index in [9.17, 15) is 0 Å². The first kappa shape index (κ1) is 25.1. The van der Waals surface area contributed by atoms with Crippen molar-refractivity contribution in [3.05, 3.63) is 51.5 Å². The Bertz CT molecular complexity index is 778. The number of thiazole rings is 1. The van der Waals surface area contributed by atoms with Gasteiger partial charge in [-0.05, 0) is 51.5 Å². The van der Waals surface area contributed by atoms with E-state index in [4.69, 9.17) is 4.74 Å². The number of hydrogen-bond acceptors (Lipinski definition) is 4. The van der Waals surface area contributed by atoms with Crippen molar-refractivity contribution in [3.8, 4) is 0 Å². The maximum atomic E-state index is 6.13. The van der Waals surface area contributed by atoms with Crippen LogP contribution in [0.4, 0.5) is 0 Å². The third kappa shape index (κ3) is 7.81. The third-order valence-electron chi connectivity index (χ3n) is 5.38. The lowest BCUT2D eigenvalue weighted by Crippen LogP contribution is -2.42. The predicted octanol–water partition coefficient (Wildman–Crippen LogP) is 5.03. The highest BCUT2D eigenvalue weighted by atomic mass is 127. The predicted molar refractivity (Wildman–Crippen MR) is 137 cm³/mol. The summed E-state index contributed by atoms with van der Waals surface area (Å²) < 4.78 is 6.13. The van der Waals surface area contributed by atoms with Crippen LogP contribution in [-0.4, -0.2) is 37.7 Å². The summed E-state index contributed by atoms with van der Waals surface area (Å²) in [5.74, 6) is 1.33. The van der Waals surface area contributed by atoms with Crippen LogP contribution < -0.4 is 10.6 Å². The highest BCUT2D eigenvalue weighted by molar-refractivity contribution is 14.0. The SMILES string of the molecule is CN=C(NCCCCc1nc(C)cs1)NCC1CCCOC1c1ccc(C)cc1.I. The maximum Gasteiger partial charge on any atom is 0.190 e. The van der Waals surface area contributed by atoms with Crippen LogP contribution in [0.3, 0.4) is 0 Å². The van der Waals surface area contributed by atoms with Crippen molar-refractivity contribution in [3.63, 3.8) is 0 Å². The van der Waals surface area contributed by atoms with Crippen molar-refractivity contribution in [2.45, 2.75) is 52.1 Å². The molecule has 0 bridgehead atoms. The zero-order valence-corrected chi connectivity index (χ0v) is 21.5. The Balaban J connectivity index is 0.00000320. The molecule has 2 atom stereocenters. The standard InChI is InChI=1S/C23H34N4OS.HI/c1-17-9-11-19(12-10-17)22-20(7-6-14-28-22)15-26-23(24-3)25-13-5-4-8-21-27-18(2)16-29-21;/h9-12,16,20,22H,4-8,13-15H2,1-3H3,(H2,24,25,26);1H. The van der Waals surface area contributed by atoms with Gasteiger partial charge in [0.15, 0.2) is 5.96 Å². The lowest BCUT2D eigenvalue weighted by Gasteiger charge is -2.32. The molecule has 1 saturated heterocycles. The van der Waals surface area contributed by atoms with Crippen LogP contribution in [-0.2, 0) is 11.2 Å². The normalized spacial score (nSPS) is 19.2. The van der Waals surface area contributed by atoms with E-state index in [1.807, 2.05) is 7.05 Å². The van der Waals surface area contributed by atoms with Crippen LogP contribution >= 0.6 is 35.3 Å². The molecule has 5 nitrogen and oxygen atoms in total. The molecule has 166 valence electrons. The molecule has 1 aliphatic heterocycles. The Morgan fingerprint density at radius 1 is 1.20 bits per heavy atom. The molecule has 2 N–H and O–H groups in total. The van der Waals surface area contributed by atoms with Crippen LogP contribution in [0, 0.1) is 19.8 Å². The fourth-order valence-corrected chi connectivity index (χ4v) is 4.57. The molecule has 0 spiro atoms. The quantitative estimate of drug-likeness (QED) is 0.213. The second-order valence-corrected chi connectivity index (χ2v) is 8.77. The summed E-state index contributed by atoms with van der Waals surface area (Å²) in [6.45, 7) is 6.82. The summed E-state index contributed by atoms with van der Waals surface area (Å²) in [5.41, 5.74) is 3.69. The number of guanidine groups is 1. The topological polar surface area (TPSA) is 58.5 Å². The lowest BCUT2D eigenvalue weighted by atomic mass is 9.89. The van der Waals surface area contributed by atoms with Gasteiger partial charge in [-0.3, -0.25) is 4.99 Å². The van der Waals surface area contributed by atoms with E-state index in [-0.39, 0.29) is 30.1 Å². The van der Waals surface area contributed by atoms with Gasteiger partial charge in [0.2, 0.25) is 0 Å². The average Bonchev–Trinajstić information content (AvgIpc) is 3.16. The van der Waals surface area contributed by atoms with E-state index >= 15 is 0 Å². The van der Waals surface area contributed by atoms with Gasteiger partial charge in [0.05, 0.1) is 11.1 Å². The molecular weight excluding hydrogens is 507 g/mol. The molecular formula is C23H35IN4OS. The Hall–Kier alpha value is -1.19. The molecule has 1 aromatic heterocycles. The molecule has 3 rings (SSSR count). The van der Waals surface area contributed by atoms with Crippen LogP contribution in [0.25, 0.3) is 0 Å². The van der Waals surface area contributed by atoms with Crippen molar-refractivity contribution < 1.29 is 4.74 Å².